The topological polar surface area (TPSA) is 60.2 Å². The van der Waals surface area contributed by atoms with Gasteiger partial charge in [-0.3, -0.25) is 0 Å². The highest BCUT2D eigenvalue weighted by Gasteiger charge is 2.57. The average Bonchev–Trinajstić information content (AvgIpc) is 3.19. The SMILES string of the molecule is c1ccc(COc2ccccc2-c2noc(C3CC34CCNCC4)n2)cc1. The number of ether oxygens (including phenoxy) is 1. The Morgan fingerprint density at radius 3 is 2.67 bits per heavy atom. The van der Waals surface area contributed by atoms with E-state index in [1.165, 1.54) is 19.3 Å². The van der Waals surface area contributed by atoms with Crippen LogP contribution in [-0.2, 0) is 6.61 Å². The Hall–Kier alpha value is -2.66. The van der Waals surface area contributed by atoms with Crippen molar-refractivity contribution < 1.29 is 9.26 Å². The first kappa shape index (κ1) is 16.5. The predicted octanol–water partition coefficient (Wildman–Crippen LogP) is 4.17. The van der Waals surface area contributed by atoms with Crippen molar-refractivity contribution in [2.24, 2.45) is 5.41 Å². The number of rotatable bonds is 5. The zero-order valence-corrected chi connectivity index (χ0v) is 15.2. The van der Waals surface area contributed by atoms with Crippen LogP contribution in [0.15, 0.2) is 59.1 Å². The van der Waals surface area contributed by atoms with Gasteiger partial charge in [-0.25, -0.2) is 0 Å². The van der Waals surface area contributed by atoms with Crippen LogP contribution in [0.3, 0.4) is 0 Å². The molecule has 0 bridgehead atoms. The Bertz CT molecular complexity index is 916. The number of hydrogen-bond donors (Lipinski definition) is 1. The number of nitrogens with one attached hydrogen (secondary N) is 1. The maximum absolute atomic E-state index is 6.04. The summed E-state index contributed by atoms with van der Waals surface area (Å²) in [5, 5.41) is 7.69. The highest BCUT2D eigenvalue weighted by atomic mass is 16.5. The molecule has 5 rings (SSSR count). The molecule has 1 atom stereocenters. The molecule has 2 fully saturated rings. The van der Waals surface area contributed by atoms with Crippen molar-refractivity contribution in [3.8, 4) is 17.1 Å². The van der Waals surface area contributed by atoms with Crippen molar-refractivity contribution in [2.75, 3.05) is 13.1 Å². The maximum atomic E-state index is 6.04. The van der Waals surface area contributed by atoms with E-state index >= 15 is 0 Å². The van der Waals surface area contributed by atoms with Crippen LogP contribution in [0.25, 0.3) is 11.4 Å². The molecule has 1 N–H and O–H groups in total. The second-order valence-corrected chi connectivity index (χ2v) is 7.60. The molecule has 1 saturated heterocycles. The zero-order valence-electron chi connectivity index (χ0n) is 15.2. The predicted molar refractivity (Wildman–Crippen MR) is 102 cm³/mol. The van der Waals surface area contributed by atoms with E-state index in [0.717, 1.165) is 35.9 Å². The summed E-state index contributed by atoms with van der Waals surface area (Å²) in [6.45, 7) is 2.70. The van der Waals surface area contributed by atoms with Crippen LogP contribution in [0.4, 0.5) is 0 Å². The number of nitrogens with zero attached hydrogens (tertiary/aromatic N) is 2. The molecule has 0 amide bonds. The van der Waals surface area contributed by atoms with E-state index in [2.05, 4.69) is 22.6 Å². The summed E-state index contributed by atoms with van der Waals surface area (Å²) in [4.78, 5) is 4.73. The lowest BCUT2D eigenvalue weighted by atomic mass is 9.92. The number of hydrogen-bond acceptors (Lipinski definition) is 5. The Morgan fingerprint density at radius 1 is 1.04 bits per heavy atom. The number of benzene rings is 2. The molecule has 27 heavy (non-hydrogen) atoms. The van der Waals surface area contributed by atoms with Crippen LogP contribution < -0.4 is 10.1 Å². The Labute approximate surface area is 158 Å². The third kappa shape index (κ3) is 3.23. The Morgan fingerprint density at radius 2 is 1.81 bits per heavy atom. The first-order chi connectivity index (χ1) is 13.3. The summed E-state index contributed by atoms with van der Waals surface area (Å²) in [6.07, 6.45) is 3.57. The summed E-state index contributed by atoms with van der Waals surface area (Å²) in [7, 11) is 0. The van der Waals surface area contributed by atoms with Crippen molar-refractivity contribution >= 4 is 0 Å². The van der Waals surface area contributed by atoms with E-state index in [4.69, 9.17) is 14.2 Å². The van der Waals surface area contributed by atoms with Gasteiger partial charge >= 0.3 is 0 Å². The second-order valence-electron chi connectivity index (χ2n) is 7.60. The maximum Gasteiger partial charge on any atom is 0.230 e. The van der Waals surface area contributed by atoms with Crippen LogP contribution in [0.2, 0.25) is 0 Å². The van der Waals surface area contributed by atoms with Crippen molar-refractivity contribution in [3.05, 3.63) is 66.1 Å². The number of aromatic nitrogens is 2. The van der Waals surface area contributed by atoms with Gasteiger partial charge in [0.2, 0.25) is 11.7 Å². The van der Waals surface area contributed by atoms with Crippen molar-refractivity contribution in [1.29, 1.82) is 0 Å². The molecule has 5 nitrogen and oxygen atoms in total. The van der Waals surface area contributed by atoms with Crippen molar-refractivity contribution in [2.45, 2.75) is 31.8 Å². The fraction of sp³-hybridized carbons (Fsp3) is 0.364. The molecule has 1 unspecified atom stereocenters. The van der Waals surface area contributed by atoms with Gasteiger partial charge in [0.15, 0.2) is 0 Å². The van der Waals surface area contributed by atoms with Gasteiger partial charge < -0.3 is 14.6 Å². The number of para-hydroxylation sites is 1. The minimum Gasteiger partial charge on any atom is -0.488 e. The summed E-state index contributed by atoms with van der Waals surface area (Å²) >= 11 is 0. The minimum atomic E-state index is 0.387. The first-order valence-corrected chi connectivity index (χ1v) is 9.65. The molecule has 3 aromatic rings. The number of piperidine rings is 1. The molecular formula is C22H23N3O2. The van der Waals surface area contributed by atoms with Crippen molar-refractivity contribution in [3.63, 3.8) is 0 Å². The van der Waals surface area contributed by atoms with Gasteiger partial charge in [0.05, 0.1) is 5.56 Å². The third-order valence-electron chi connectivity index (χ3n) is 5.89. The molecule has 1 aromatic heterocycles. The Kier molecular flexibility index (Phi) is 4.17. The summed E-state index contributed by atoms with van der Waals surface area (Å²) in [6, 6.07) is 18.0. The molecule has 2 heterocycles. The van der Waals surface area contributed by atoms with Crippen LogP contribution in [0, 0.1) is 5.41 Å². The van der Waals surface area contributed by atoms with E-state index in [-0.39, 0.29) is 0 Å². The lowest BCUT2D eigenvalue weighted by Crippen LogP contribution is -2.29. The van der Waals surface area contributed by atoms with E-state index in [1.807, 2.05) is 42.5 Å². The highest BCUT2D eigenvalue weighted by molar-refractivity contribution is 5.63. The normalized spacial score (nSPS) is 20.5. The average molecular weight is 361 g/mol. The van der Waals surface area contributed by atoms with E-state index in [9.17, 15) is 0 Å². The third-order valence-corrected chi connectivity index (χ3v) is 5.89. The second kappa shape index (κ2) is 6.82. The molecule has 1 saturated carbocycles. The van der Waals surface area contributed by atoms with E-state index in [1.54, 1.807) is 0 Å². The van der Waals surface area contributed by atoms with Crippen LogP contribution in [0.1, 0.15) is 36.6 Å². The first-order valence-electron chi connectivity index (χ1n) is 9.65. The lowest BCUT2D eigenvalue weighted by molar-refractivity contribution is 0.306. The largest absolute Gasteiger partial charge is 0.488 e. The van der Waals surface area contributed by atoms with Crippen molar-refractivity contribution in [1.82, 2.24) is 15.5 Å². The lowest BCUT2D eigenvalue weighted by Gasteiger charge is -2.22. The molecule has 0 radical (unpaired) electrons. The smallest absolute Gasteiger partial charge is 0.230 e. The van der Waals surface area contributed by atoms with Gasteiger partial charge in [-0.05, 0) is 55.5 Å². The Balaban J connectivity index is 1.34. The van der Waals surface area contributed by atoms with Gasteiger partial charge in [0.1, 0.15) is 12.4 Å². The summed E-state index contributed by atoms with van der Waals surface area (Å²) in [5.74, 6) is 2.59. The van der Waals surface area contributed by atoms with E-state index < -0.39 is 0 Å². The van der Waals surface area contributed by atoms with Crippen LogP contribution in [-0.4, -0.2) is 23.2 Å². The quantitative estimate of drug-likeness (QED) is 0.739. The molecule has 1 aliphatic carbocycles. The van der Waals surface area contributed by atoms with Gasteiger partial charge in [0, 0.05) is 5.92 Å². The van der Waals surface area contributed by atoms with Gasteiger partial charge in [-0.15, -0.1) is 0 Å². The monoisotopic (exact) mass is 361 g/mol. The fourth-order valence-electron chi connectivity index (χ4n) is 4.17. The molecule has 2 aliphatic rings. The fourth-order valence-corrected chi connectivity index (χ4v) is 4.17. The molecule has 1 aliphatic heterocycles. The molecule has 2 aromatic carbocycles. The molecule has 138 valence electrons. The van der Waals surface area contributed by atoms with Gasteiger partial charge in [-0.2, -0.15) is 4.98 Å². The standard InChI is InChI=1S/C22H23N3O2/c1-2-6-16(7-3-1)15-26-19-9-5-4-8-17(19)20-24-21(27-25-20)18-14-22(18)10-12-23-13-11-22/h1-9,18,23H,10-15H2. The molecule has 1 spiro atoms. The summed E-state index contributed by atoms with van der Waals surface area (Å²) in [5.41, 5.74) is 2.40. The minimum absolute atomic E-state index is 0.387. The zero-order chi connectivity index (χ0) is 18.1. The summed E-state index contributed by atoms with van der Waals surface area (Å²) < 4.78 is 11.7. The van der Waals surface area contributed by atoms with Gasteiger partial charge in [-0.1, -0.05) is 47.6 Å². The highest BCUT2D eigenvalue weighted by Crippen LogP contribution is 2.63. The van der Waals surface area contributed by atoms with E-state index in [0.29, 0.717) is 23.8 Å². The van der Waals surface area contributed by atoms with Crippen LogP contribution in [0.5, 0.6) is 5.75 Å². The molecule has 5 heteroatoms. The van der Waals surface area contributed by atoms with Crippen LogP contribution >= 0.6 is 0 Å². The van der Waals surface area contributed by atoms with Gasteiger partial charge in [0.25, 0.3) is 0 Å². The molecular weight excluding hydrogens is 338 g/mol.